The zero-order chi connectivity index (χ0) is 21.6. The highest BCUT2D eigenvalue weighted by atomic mass is 32.2. The van der Waals surface area contributed by atoms with Crippen LogP contribution in [-0.4, -0.2) is 16.4 Å². The lowest BCUT2D eigenvalue weighted by atomic mass is 9.99. The first kappa shape index (κ1) is 20.4. The van der Waals surface area contributed by atoms with Gasteiger partial charge in [-0.3, -0.25) is 4.79 Å². The third-order valence-corrected chi connectivity index (χ3v) is 5.89. The first-order valence-electron chi connectivity index (χ1n) is 9.65. The average molecular weight is 423 g/mol. The second-order valence-corrected chi connectivity index (χ2v) is 7.84. The molecule has 0 saturated carbocycles. The first-order chi connectivity index (χ1) is 15.2. The quantitative estimate of drug-likeness (QED) is 0.300. The number of hydrogen-bond acceptors (Lipinski definition) is 5. The van der Waals surface area contributed by atoms with E-state index in [-0.39, 0.29) is 11.3 Å². The summed E-state index contributed by atoms with van der Waals surface area (Å²) in [5, 5.41) is 20.3. The van der Waals surface area contributed by atoms with E-state index in [9.17, 15) is 15.2 Å². The van der Waals surface area contributed by atoms with Crippen molar-refractivity contribution in [3.63, 3.8) is 0 Å². The molecule has 1 aromatic heterocycles. The molecule has 5 heteroatoms. The molecule has 0 amide bonds. The van der Waals surface area contributed by atoms with E-state index in [1.54, 1.807) is 12.1 Å². The SMILES string of the molecule is N#Cc1c(-c2ccccc2)cc(-c2ccccc2)nc1SCc1ccc(O)c(C=O)c1. The average Bonchev–Trinajstić information content (AvgIpc) is 2.84. The fraction of sp³-hybridized carbons (Fsp3) is 0.0385. The van der Waals surface area contributed by atoms with E-state index < -0.39 is 0 Å². The number of aromatic nitrogens is 1. The van der Waals surface area contributed by atoms with Gasteiger partial charge < -0.3 is 5.11 Å². The van der Waals surface area contributed by atoms with Crippen molar-refractivity contribution in [3.05, 3.63) is 102 Å². The van der Waals surface area contributed by atoms with Crippen LogP contribution in [0.15, 0.2) is 90.0 Å². The van der Waals surface area contributed by atoms with E-state index >= 15 is 0 Å². The number of rotatable bonds is 6. The van der Waals surface area contributed by atoms with Crippen LogP contribution in [-0.2, 0) is 5.75 Å². The lowest BCUT2D eigenvalue weighted by Crippen LogP contribution is -1.96. The highest BCUT2D eigenvalue weighted by Crippen LogP contribution is 2.35. The number of benzene rings is 3. The molecule has 0 aliphatic carbocycles. The van der Waals surface area contributed by atoms with Crippen molar-refractivity contribution < 1.29 is 9.90 Å². The molecule has 0 saturated heterocycles. The molecule has 0 radical (unpaired) electrons. The number of hydrogen-bond donors (Lipinski definition) is 1. The molecule has 0 aliphatic rings. The number of nitrogens with zero attached hydrogens (tertiary/aromatic N) is 2. The Morgan fingerprint density at radius 2 is 1.61 bits per heavy atom. The van der Waals surface area contributed by atoms with Gasteiger partial charge in [0.25, 0.3) is 0 Å². The Balaban J connectivity index is 1.79. The van der Waals surface area contributed by atoms with Crippen molar-refractivity contribution >= 4 is 18.0 Å². The minimum atomic E-state index is -0.0444. The Labute approximate surface area is 184 Å². The van der Waals surface area contributed by atoms with Crippen LogP contribution in [0.2, 0.25) is 0 Å². The molecule has 31 heavy (non-hydrogen) atoms. The minimum Gasteiger partial charge on any atom is -0.507 e. The zero-order valence-electron chi connectivity index (χ0n) is 16.5. The number of phenolic OH excluding ortho intramolecular Hbond substituents is 1. The number of aldehydes is 1. The van der Waals surface area contributed by atoms with Gasteiger partial charge in [0.05, 0.1) is 16.8 Å². The number of pyridine rings is 1. The maximum absolute atomic E-state index is 11.1. The summed E-state index contributed by atoms with van der Waals surface area (Å²) in [6.45, 7) is 0. The largest absolute Gasteiger partial charge is 0.507 e. The summed E-state index contributed by atoms with van der Waals surface area (Å²) in [6, 6.07) is 28.9. The van der Waals surface area contributed by atoms with Gasteiger partial charge >= 0.3 is 0 Å². The van der Waals surface area contributed by atoms with Crippen LogP contribution in [0.4, 0.5) is 0 Å². The van der Waals surface area contributed by atoms with Gasteiger partial charge in [-0.25, -0.2) is 4.98 Å². The monoisotopic (exact) mass is 422 g/mol. The second kappa shape index (κ2) is 9.29. The number of carbonyl (C=O) groups is 1. The molecular weight excluding hydrogens is 404 g/mol. The minimum absolute atomic E-state index is 0.0444. The molecule has 0 atom stereocenters. The third kappa shape index (κ3) is 4.50. The summed E-state index contributed by atoms with van der Waals surface area (Å²) < 4.78 is 0. The Kier molecular flexibility index (Phi) is 6.11. The molecule has 1 N–H and O–H groups in total. The molecule has 3 aromatic carbocycles. The molecule has 0 unspecified atom stereocenters. The van der Waals surface area contributed by atoms with Crippen LogP contribution in [0.1, 0.15) is 21.5 Å². The summed E-state index contributed by atoms with van der Waals surface area (Å²) in [5.74, 6) is 0.465. The van der Waals surface area contributed by atoms with Crippen molar-refractivity contribution in [2.24, 2.45) is 0 Å². The molecule has 0 spiro atoms. The Hall–Kier alpha value is -3.88. The molecule has 4 aromatic rings. The van der Waals surface area contributed by atoms with Crippen molar-refractivity contribution in [3.8, 4) is 34.2 Å². The zero-order valence-corrected chi connectivity index (χ0v) is 17.3. The van der Waals surface area contributed by atoms with Crippen LogP contribution >= 0.6 is 11.8 Å². The first-order valence-corrected chi connectivity index (χ1v) is 10.6. The van der Waals surface area contributed by atoms with E-state index in [2.05, 4.69) is 6.07 Å². The predicted octanol–water partition coefficient (Wildman–Crippen LogP) is 6.10. The fourth-order valence-corrected chi connectivity index (χ4v) is 4.22. The van der Waals surface area contributed by atoms with Gasteiger partial charge in [-0.05, 0) is 29.3 Å². The predicted molar refractivity (Wildman–Crippen MR) is 123 cm³/mol. The molecule has 0 fully saturated rings. The molecule has 0 bridgehead atoms. The highest BCUT2D eigenvalue weighted by molar-refractivity contribution is 7.98. The molecule has 150 valence electrons. The number of carbonyl (C=O) groups excluding carboxylic acids is 1. The third-order valence-electron chi connectivity index (χ3n) is 4.85. The maximum atomic E-state index is 11.1. The Morgan fingerprint density at radius 3 is 2.26 bits per heavy atom. The highest BCUT2D eigenvalue weighted by Gasteiger charge is 2.16. The van der Waals surface area contributed by atoms with Gasteiger partial charge in [0.1, 0.15) is 16.8 Å². The number of thioether (sulfide) groups is 1. The topological polar surface area (TPSA) is 74.0 Å². The van der Waals surface area contributed by atoms with Gasteiger partial charge in [-0.1, -0.05) is 66.7 Å². The van der Waals surface area contributed by atoms with Gasteiger partial charge in [-0.15, -0.1) is 11.8 Å². The Bertz CT molecular complexity index is 1270. The van der Waals surface area contributed by atoms with Gasteiger partial charge in [0.2, 0.25) is 0 Å². The summed E-state index contributed by atoms with van der Waals surface area (Å²) in [7, 11) is 0. The molecule has 1 heterocycles. The lowest BCUT2D eigenvalue weighted by molar-refractivity contribution is 0.112. The van der Waals surface area contributed by atoms with Crippen LogP contribution in [0.5, 0.6) is 5.75 Å². The van der Waals surface area contributed by atoms with Gasteiger partial charge in [-0.2, -0.15) is 5.26 Å². The summed E-state index contributed by atoms with van der Waals surface area (Å²) in [4.78, 5) is 15.9. The number of aromatic hydroxyl groups is 1. The van der Waals surface area contributed by atoms with Crippen molar-refractivity contribution in [2.75, 3.05) is 0 Å². The molecule has 4 rings (SSSR count). The fourth-order valence-electron chi connectivity index (χ4n) is 3.28. The van der Waals surface area contributed by atoms with Crippen molar-refractivity contribution in [1.82, 2.24) is 4.98 Å². The van der Waals surface area contributed by atoms with E-state index in [1.807, 2.05) is 66.7 Å². The molecule has 0 aliphatic heterocycles. The number of phenols is 1. The van der Waals surface area contributed by atoms with Crippen molar-refractivity contribution in [2.45, 2.75) is 10.8 Å². The summed E-state index contributed by atoms with van der Waals surface area (Å²) in [5.41, 5.74) is 5.17. The van der Waals surface area contributed by atoms with Crippen LogP contribution in [0.3, 0.4) is 0 Å². The van der Waals surface area contributed by atoms with E-state index in [4.69, 9.17) is 4.98 Å². The van der Waals surface area contributed by atoms with Crippen molar-refractivity contribution in [1.29, 1.82) is 5.26 Å². The maximum Gasteiger partial charge on any atom is 0.153 e. The number of nitriles is 1. The summed E-state index contributed by atoms with van der Waals surface area (Å²) >= 11 is 1.44. The van der Waals surface area contributed by atoms with E-state index in [0.29, 0.717) is 22.6 Å². The Morgan fingerprint density at radius 1 is 0.935 bits per heavy atom. The second-order valence-electron chi connectivity index (χ2n) is 6.88. The van der Waals surface area contributed by atoms with Gasteiger partial charge in [0, 0.05) is 16.9 Å². The van der Waals surface area contributed by atoms with Crippen LogP contribution in [0.25, 0.3) is 22.4 Å². The van der Waals surface area contributed by atoms with Crippen LogP contribution < -0.4 is 0 Å². The molecular formula is C26H18N2O2S. The lowest BCUT2D eigenvalue weighted by Gasteiger charge is -2.13. The van der Waals surface area contributed by atoms with E-state index in [1.165, 1.54) is 17.8 Å². The normalized spacial score (nSPS) is 10.4. The molecule has 4 nitrogen and oxygen atoms in total. The smallest absolute Gasteiger partial charge is 0.153 e. The van der Waals surface area contributed by atoms with E-state index in [0.717, 1.165) is 27.9 Å². The van der Waals surface area contributed by atoms with Crippen LogP contribution in [0, 0.1) is 11.3 Å². The summed E-state index contributed by atoms with van der Waals surface area (Å²) in [6.07, 6.45) is 0.631. The standard InChI is InChI=1S/C26H18N2O2S/c27-15-23-22(19-7-3-1-4-8-19)14-24(20-9-5-2-6-10-20)28-26(23)31-17-18-11-12-25(30)21(13-18)16-29/h1-14,16,30H,17H2. The van der Waals surface area contributed by atoms with Gasteiger partial charge in [0.15, 0.2) is 6.29 Å².